The van der Waals surface area contributed by atoms with Gasteiger partial charge in [-0.25, -0.2) is 4.39 Å². The molecular weight excluding hydrogens is 211 g/mol. The Bertz CT molecular complexity index is 491. The van der Waals surface area contributed by atoms with Gasteiger partial charge in [-0.2, -0.15) is 0 Å². The number of rotatable bonds is 3. The van der Waals surface area contributed by atoms with Crippen LogP contribution in [0, 0.1) is 5.82 Å². The number of ketones is 1. The van der Waals surface area contributed by atoms with E-state index in [0.717, 1.165) is 6.07 Å². The van der Waals surface area contributed by atoms with Crippen LogP contribution >= 0.6 is 0 Å². The van der Waals surface area contributed by atoms with Gasteiger partial charge in [0.05, 0.1) is 6.26 Å². The van der Waals surface area contributed by atoms with Gasteiger partial charge in [-0.1, -0.05) is 12.1 Å². The van der Waals surface area contributed by atoms with Gasteiger partial charge >= 0.3 is 0 Å². The van der Waals surface area contributed by atoms with Crippen molar-refractivity contribution in [2.24, 2.45) is 0 Å². The zero-order valence-corrected chi connectivity index (χ0v) is 8.26. The van der Waals surface area contributed by atoms with Crippen LogP contribution in [0.25, 0.3) is 0 Å². The molecule has 1 unspecified atom stereocenters. The Balaban J connectivity index is 2.26. The van der Waals surface area contributed by atoms with Crippen LogP contribution in [0.2, 0.25) is 0 Å². The number of halogens is 1. The van der Waals surface area contributed by atoms with Gasteiger partial charge in [0.15, 0.2) is 5.76 Å². The third kappa shape index (κ3) is 2.01. The maximum Gasteiger partial charge on any atom is 0.230 e. The number of carbonyl (C=O) groups excluding carboxylic acids is 1. The van der Waals surface area contributed by atoms with Gasteiger partial charge in [-0.3, -0.25) is 4.79 Å². The molecule has 0 amide bonds. The van der Waals surface area contributed by atoms with Crippen LogP contribution in [0.5, 0.6) is 0 Å². The first-order valence-electron chi connectivity index (χ1n) is 4.70. The zero-order chi connectivity index (χ0) is 11.5. The molecule has 16 heavy (non-hydrogen) atoms. The maximum atomic E-state index is 12.9. The first-order chi connectivity index (χ1) is 7.68. The Morgan fingerprint density at radius 2 is 2.12 bits per heavy atom. The molecule has 3 nitrogen and oxygen atoms in total. The quantitative estimate of drug-likeness (QED) is 0.807. The molecule has 0 bridgehead atoms. The lowest BCUT2D eigenvalue weighted by Gasteiger charge is -2.07. The number of aliphatic hydroxyl groups excluding tert-OH is 1. The maximum absolute atomic E-state index is 12.9. The predicted molar refractivity (Wildman–Crippen MR) is 54.4 cm³/mol. The van der Waals surface area contributed by atoms with Crippen LogP contribution in [0.4, 0.5) is 4.39 Å². The van der Waals surface area contributed by atoms with Crippen LogP contribution in [0.1, 0.15) is 22.2 Å². The minimum Gasteiger partial charge on any atom is -0.461 e. The first-order valence-corrected chi connectivity index (χ1v) is 4.70. The van der Waals surface area contributed by atoms with Gasteiger partial charge in [0.1, 0.15) is 11.9 Å². The molecule has 0 aliphatic rings. The fraction of sp³-hybridized carbons (Fsp3) is 0.0833. The summed E-state index contributed by atoms with van der Waals surface area (Å²) < 4.78 is 17.8. The predicted octanol–water partition coefficient (Wildman–Crippen LogP) is 2.33. The van der Waals surface area contributed by atoms with E-state index in [-0.39, 0.29) is 11.3 Å². The molecule has 1 heterocycles. The molecule has 1 N–H and O–H groups in total. The molecule has 2 rings (SSSR count). The van der Waals surface area contributed by atoms with Crippen molar-refractivity contribution in [3.63, 3.8) is 0 Å². The first kappa shape index (κ1) is 10.6. The number of benzene rings is 1. The average Bonchev–Trinajstić information content (AvgIpc) is 2.80. The minimum absolute atomic E-state index is 0.0526. The van der Waals surface area contributed by atoms with Gasteiger partial charge in [0, 0.05) is 0 Å². The largest absolute Gasteiger partial charge is 0.461 e. The fourth-order valence-electron chi connectivity index (χ4n) is 1.38. The van der Waals surface area contributed by atoms with Crippen molar-refractivity contribution in [3.8, 4) is 0 Å². The van der Waals surface area contributed by atoms with E-state index in [1.165, 1.54) is 30.5 Å². The van der Waals surface area contributed by atoms with E-state index < -0.39 is 17.7 Å². The van der Waals surface area contributed by atoms with E-state index in [4.69, 9.17) is 4.42 Å². The monoisotopic (exact) mass is 220 g/mol. The van der Waals surface area contributed by atoms with Crippen LogP contribution in [-0.4, -0.2) is 10.9 Å². The van der Waals surface area contributed by atoms with Gasteiger partial charge < -0.3 is 9.52 Å². The van der Waals surface area contributed by atoms with Crippen molar-refractivity contribution in [2.45, 2.75) is 6.10 Å². The lowest BCUT2D eigenvalue weighted by molar-refractivity contribution is 0.0717. The highest BCUT2D eigenvalue weighted by Crippen LogP contribution is 2.19. The molecule has 4 heteroatoms. The highest BCUT2D eigenvalue weighted by Gasteiger charge is 2.21. The summed E-state index contributed by atoms with van der Waals surface area (Å²) in [5, 5.41) is 9.71. The van der Waals surface area contributed by atoms with Crippen LogP contribution in [-0.2, 0) is 0 Å². The van der Waals surface area contributed by atoms with Crippen LogP contribution in [0.3, 0.4) is 0 Å². The van der Waals surface area contributed by atoms with E-state index in [2.05, 4.69) is 0 Å². The van der Waals surface area contributed by atoms with E-state index in [0.29, 0.717) is 0 Å². The average molecular weight is 220 g/mol. The number of furan rings is 1. The second-order valence-electron chi connectivity index (χ2n) is 3.30. The summed E-state index contributed by atoms with van der Waals surface area (Å²) in [7, 11) is 0. The molecule has 2 aromatic rings. The Kier molecular flexibility index (Phi) is 2.83. The van der Waals surface area contributed by atoms with E-state index in [9.17, 15) is 14.3 Å². The number of Topliss-reactive ketones (excluding diaryl/α,β-unsaturated/α-hetero) is 1. The Morgan fingerprint density at radius 3 is 2.75 bits per heavy atom. The SMILES string of the molecule is O=C(c1ccco1)C(O)c1cccc(F)c1. The second-order valence-corrected chi connectivity index (χ2v) is 3.30. The summed E-state index contributed by atoms with van der Waals surface area (Å²) in [5.74, 6) is -1.03. The number of hydrogen-bond donors (Lipinski definition) is 1. The summed E-state index contributed by atoms with van der Waals surface area (Å²) in [4.78, 5) is 11.7. The zero-order valence-electron chi connectivity index (χ0n) is 8.26. The molecule has 0 aliphatic carbocycles. The molecule has 0 radical (unpaired) electrons. The van der Waals surface area contributed by atoms with E-state index >= 15 is 0 Å². The lowest BCUT2D eigenvalue weighted by Crippen LogP contribution is -2.11. The van der Waals surface area contributed by atoms with Crippen molar-refractivity contribution in [3.05, 3.63) is 59.8 Å². The molecule has 0 aliphatic heterocycles. The molecule has 0 saturated carbocycles. The van der Waals surface area contributed by atoms with E-state index in [1.807, 2.05) is 0 Å². The third-order valence-electron chi connectivity index (χ3n) is 2.18. The van der Waals surface area contributed by atoms with Gasteiger partial charge in [-0.15, -0.1) is 0 Å². The van der Waals surface area contributed by atoms with Crippen molar-refractivity contribution in [1.82, 2.24) is 0 Å². The number of aliphatic hydroxyl groups is 1. The lowest BCUT2D eigenvalue weighted by atomic mass is 10.0. The summed E-state index contributed by atoms with van der Waals surface area (Å²) in [6.45, 7) is 0. The second kappa shape index (κ2) is 4.28. The Morgan fingerprint density at radius 1 is 1.31 bits per heavy atom. The fourth-order valence-corrected chi connectivity index (χ4v) is 1.38. The summed E-state index contributed by atoms with van der Waals surface area (Å²) in [5.41, 5.74) is 0.210. The Hall–Kier alpha value is -1.94. The summed E-state index contributed by atoms with van der Waals surface area (Å²) >= 11 is 0. The van der Waals surface area contributed by atoms with E-state index in [1.54, 1.807) is 6.07 Å². The number of carbonyl (C=O) groups is 1. The number of hydrogen-bond acceptors (Lipinski definition) is 3. The van der Waals surface area contributed by atoms with Gasteiger partial charge in [0.25, 0.3) is 0 Å². The molecule has 1 aromatic heterocycles. The highest BCUT2D eigenvalue weighted by atomic mass is 19.1. The summed E-state index contributed by atoms with van der Waals surface area (Å²) in [6.07, 6.45) is -0.0622. The molecule has 0 fully saturated rings. The topological polar surface area (TPSA) is 50.4 Å². The molecule has 0 spiro atoms. The van der Waals surface area contributed by atoms with Crippen LogP contribution < -0.4 is 0 Å². The van der Waals surface area contributed by atoms with Crippen LogP contribution in [0.15, 0.2) is 47.1 Å². The minimum atomic E-state index is -1.40. The smallest absolute Gasteiger partial charge is 0.230 e. The molecule has 1 aromatic carbocycles. The van der Waals surface area contributed by atoms with Gasteiger partial charge in [-0.05, 0) is 29.8 Å². The molecule has 0 saturated heterocycles. The van der Waals surface area contributed by atoms with Gasteiger partial charge in [0.2, 0.25) is 5.78 Å². The highest BCUT2D eigenvalue weighted by molar-refractivity contribution is 5.97. The molecular formula is C12H9FO3. The summed E-state index contributed by atoms with van der Waals surface area (Å²) in [6, 6.07) is 8.27. The third-order valence-corrected chi connectivity index (χ3v) is 2.18. The van der Waals surface area contributed by atoms with Crippen molar-refractivity contribution in [2.75, 3.05) is 0 Å². The standard InChI is InChI=1S/C12H9FO3/c13-9-4-1-3-8(7-9)11(14)12(15)10-5-2-6-16-10/h1-7,11,14H. The van der Waals surface area contributed by atoms with Crippen molar-refractivity contribution >= 4 is 5.78 Å². The van der Waals surface area contributed by atoms with Crippen molar-refractivity contribution in [1.29, 1.82) is 0 Å². The molecule has 1 atom stereocenters. The molecule has 82 valence electrons. The Labute approximate surface area is 91.1 Å². The van der Waals surface area contributed by atoms with Crippen molar-refractivity contribution < 1.29 is 18.7 Å². The normalized spacial score (nSPS) is 12.4.